The van der Waals surface area contributed by atoms with E-state index in [1.807, 2.05) is 0 Å². The molecule has 0 aliphatic rings. The third-order valence-corrected chi connectivity index (χ3v) is 3.12. The van der Waals surface area contributed by atoms with Crippen LogP contribution in [-0.4, -0.2) is 17.1 Å². The molecular weight excluding hydrogens is 220 g/mol. The van der Waals surface area contributed by atoms with Gasteiger partial charge in [0.1, 0.15) is 0 Å². The number of aliphatic hydroxyl groups is 1. The van der Waals surface area contributed by atoms with Gasteiger partial charge in [-0.15, -0.1) is 11.6 Å². The van der Waals surface area contributed by atoms with Crippen molar-refractivity contribution >= 4 is 11.6 Å². The molecule has 0 fully saturated rings. The van der Waals surface area contributed by atoms with Crippen molar-refractivity contribution in [3.8, 4) is 0 Å². The molecule has 0 radical (unpaired) electrons. The summed E-state index contributed by atoms with van der Waals surface area (Å²) in [5.74, 6) is 0.320. The Balaban J connectivity index is 2.58. The van der Waals surface area contributed by atoms with Crippen LogP contribution < -0.4 is 0 Å². The molecule has 0 amide bonds. The fourth-order valence-corrected chi connectivity index (χ4v) is 1.74. The van der Waals surface area contributed by atoms with Crippen molar-refractivity contribution in [2.45, 2.75) is 45.1 Å². The van der Waals surface area contributed by atoms with Gasteiger partial charge in [0.05, 0.1) is 6.10 Å². The van der Waals surface area contributed by atoms with Crippen molar-refractivity contribution in [1.82, 2.24) is 0 Å². The molecule has 1 unspecified atom stereocenters. The van der Waals surface area contributed by atoms with Gasteiger partial charge in [0.15, 0.2) is 0 Å². The summed E-state index contributed by atoms with van der Waals surface area (Å²) in [6.45, 7) is 6.62. The zero-order valence-corrected chi connectivity index (χ0v) is 11.1. The molecule has 0 bridgehead atoms. The van der Waals surface area contributed by atoms with Crippen LogP contribution in [-0.2, 0) is 11.8 Å². The van der Waals surface area contributed by atoms with Gasteiger partial charge in [-0.05, 0) is 29.4 Å². The van der Waals surface area contributed by atoms with Gasteiger partial charge in [0.2, 0.25) is 0 Å². The van der Waals surface area contributed by atoms with E-state index in [1.165, 1.54) is 11.1 Å². The monoisotopic (exact) mass is 240 g/mol. The van der Waals surface area contributed by atoms with Gasteiger partial charge >= 0.3 is 0 Å². The number of halogens is 1. The molecule has 90 valence electrons. The second kappa shape index (κ2) is 5.70. The fraction of sp³-hybridized carbons (Fsp3) is 0.571. The van der Waals surface area contributed by atoms with Crippen LogP contribution in [0.3, 0.4) is 0 Å². The smallest absolute Gasteiger partial charge is 0.0678 e. The number of rotatable bonds is 4. The Hall–Kier alpha value is -0.530. The Bertz CT molecular complexity index is 311. The van der Waals surface area contributed by atoms with E-state index in [4.69, 9.17) is 11.6 Å². The van der Waals surface area contributed by atoms with Crippen LogP contribution in [0.5, 0.6) is 0 Å². The first-order valence-corrected chi connectivity index (χ1v) is 6.30. The van der Waals surface area contributed by atoms with Gasteiger partial charge in [-0.3, -0.25) is 0 Å². The Morgan fingerprint density at radius 2 is 1.75 bits per heavy atom. The highest BCUT2D eigenvalue weighted by Gasteiger charge is 2.12. The van der Waals surface area contributed by atoms with E-state index in [0.29, 0.717) is 5.88 Å². The lowest BCUT2D eigenvalue weighted by atomic mass is 9.86. The van der Waals surface area contributed by atoms with E-state index < -0.39 is 0 Å². The maximum atomic E-state index is 9.37. The fourth-order valence-electron chi connectivity index (χ4n) is 1.58. The molecule has 0 heterocycles. The minimum Gasteiger partial charge on any atom is -0.392 e. The summed E-state index contributed by atoms with van der Waals surface area (Å²) in [7, 11) is 0. The molecular formula is C14H21ClO. The SMILES string of the molecule is CC(C)(C)c1ccc(CCC(O)CCl)cc1. The quantitative estimate of drug-likeness (QED) is 0.799. The number of hydrogen-bond donors (Lipinski definition) is 1. The second-order valence-electron chi connectivity index (χ2n) is 5.29. The lowest BCUT2D eigenvalue weighted by Gasteiger charge is -2.19. The van der Waals surface area contributed by atoms with Crippen molar-refractivity contribution in [3.63, 3.8) is 0 Å². The van der Waals surface area contributed by atoms with Gasteiger partial charge in [0, 0.05) is 5.88 Å². The van der Waals surface area contributed by atoms with Gasteiger partial charge in [-0.25, -0.2) is 0 Å². The van der Waals surface area contributed by atoms with Crippen LogP contribution in [0.4, 0.5) is 0 Å². The minimum absolute atomic E-state index is 0.203. The van der Waals surface area contributed by atoms with Crippen molar-refractivity contribution in [2.24, 2.45) is 0 Å². The Labute approximate surface area is 103 Å². The predicted molar refractivity (Wildman–Crippen MR) is 70.2 cm³/mol. The number of aryl methyl sites for hydroxylation is 1. The first-order valence-electron chi connectivity index (χ1n) is 5.77. The molecule has 1 N–H and O–H groups in total. The molecule has 0 saturated heterocycles. The van der Waals surface area contributed by atoms with Crippen molar-refractivity contribution in [2.75, 3.05) is 5.88 Å². The van der Waals surface area contributed by atoms with Gasteiger partial charge < -0.3 is 5.11 Å². The highest BCUT2D eigenvalue weighted by Crippen LogP contribution is 2.22. The third kappa shape index (κ3) is 4.15. The summed E-state index contributed by atoms with van der Waals surface area (Å²) in [6, 6.07) is 8.62. The topological polar surface area (TPSA) is 20.2 Å². The third-order valence-electron chi connectivity index (χ3n) is 2.76. The average Bonchev–Trinajstić information content (AvgIpc) is 2.25. The van der Waals surface area contributed by atoms with Crippen molar-refractivity contribution in [3.05, 3.63) is 35.4 Å². The lowest BCUT2D eigenvalue weighted by Crippen LogP contribution is -2.11. The van der Waals surface area contributed by atoms with E-state index in [-0.39, 0.29) is 11.5 Å². The molecule has 1 aromatic rings. The average molecular weight is 241 g/mol. The summed E-state index contributed by atoms with van der Waals surface area (Å²) < 4.78 is 0. The van der Waals surface area contributed by atoms with E-state index in [0.717, 1.165) is 12.8 Å². The van der Waals surface area contributed by atoms with Crippen LogP contribution >= 0.6 is 11.6 Å². The lowest BCUT2D eigenvalue weighted by molar-refractivity contribution is 0.188. The van der Waals surface area contributed by atoms with E-state index >= 15 is 0 Å². The summed E-state index contributed by atoms with van der Waals surface area (Å²) in [5.41, 5.74) is 2.81. The van der Waals surface area contributed by atoms with Crippen molar-refractivity contribution in [1.29, 1.82) is 0 Å². The normalized spacial score (nSPS) is 13.8. The first-order chi connectivity index (χ1) is 7.43. The molecule has 0 spiro atoms. The maximum Gasteiger partial charge on any atom is 0.0678 e. The zero-order chi connectivity index (χ0) is 12.2. The van der Waals surface area contributed by atoms with E-state index in [2.05, 4.69) is 45.0 Å². The van der Waals surface area contributed by atoms with Gasteiger partial charge in [-0.2, -0.15) is 0 Å². The maximum absolute atomic E-state index is 9.37. The summed E-state index contributed by atoms with van der Waals surface area (Å²) >= 11 is 5.55. The molecule has 2 heteroatoms. The zero-order valence-electron chi connectivity index (χ0n) is 10.3. The van der Waals surface area contributed by atoms with Crippen LogP contribution in [0.25, 0.3) is 0 Å². The largest absolute Gasteiger partial charge is 0.392 e. The first kappa shape index (κ1) is 13.5. The minimum atomic E-state index is -0.385. The number of hydrogen-bond acceptors (Lipinski definition) is 1. The molecule has 0 aromatic heterocycles. The van der Waals surface area contributed by atoms with E-state index in [1.54, 1.807) is 0 Å². The van der Waals surface area contributed by atoms with E-state index in [9.17, 15) is 5.11 Å². The number of alkyl halides is 1. The molecule has 1 rings (SSSR count). The Kier molecular flexibility index (Phi) is 4.82. The predicted octanol–water partition coefficient (Wildman–Crippen LogP) is 3.52. The molecule has 1 atom stereocenters. The summed E-state index contributed by atoms with van der Waals surface area (Å²) in [6.07, 6.45) is 1.24. The van der Waals surface area contributed by atoms with Crippen LogP contribution in [0, 0.1) is 0 Å². The van der Waals surface area contributed by atoms with Crippen LogP contribution in [0.15, 0.2) is 24.3 Å². The number of aliphatic hydroxyl groups excluding tert-OH is 1. The molecule has 0 aliphatic carbocycles. The summed E-state index contributed by atoms with van der Waals surface area (Å²) in [4.78, 5) is 0. The van der Waals surface area contributed by atoms with Crippen LogP contribution in [0.1, 0.15) is 38.3 Å². The Morgan fingerprint density at radius 1 is 1.19 bits per heavy atom. The second-order valence-corrected chi connectivity index (χ2v) is 5.60. The molecule has 0 aliphatic heterocycles. The van der Waals surface area contributed by atoms with Gasteiger partial charge in [-0.1, -0.05) is 45.0 Å². The standard InChI is InChI=1S/C14H21ClO/c1-14(2,3)12-7-4-11(5-8-12)6-9-13(16)10-15/h4-5,7-8,13,16H,6,9-10H2,1-3H3. The number of benzene rings is 1. The molecule has 1 aromatic carbocycles. The highest BCUT2D eigenvalue weighted by molar-refractivity contribution is 6.18. The highest BCUT2D eigenvalue weighted by atomic mass is 35.5. The Morgan fingerprint density at radius 3 is 2.19 bits per heavy atom. The van der Waals surface area contributed by atoms with Crippen LogP contribution in [0.2, 0.25) is 0 Å². The van der Waals surface area contributed by atoms with Gasteiger partial charge in [0.25, 0.3) is 0 Å². The summed E-state index contributed by atoms with van der Waals surface area (Å²) in [5, 5.41) is 9.37. The molecule has 1 nitrogen and oxygen atoms in total. The van der Waals surface area contributed by atoms with Crippen molar-refractivity contribution < 1.29 is 5.11 Å². The molecule has 0 saturated carbocycles. The molecule has 16 heavy (non-hydrogen) atoms.